The van der Waals surface area contributed by atoms with E-state index in [-0.39, 0.29) is 0 Å². The van der Waals surface area contributed by atoms with Gasteiger partial charge in [0.25, 0.3) is 0 Å². The molecule has 1 aliphatic heterocycles. The van der Waals surface area contributed by atoms with Crippen molar-refractivity contribution in [2.75, 3.05) is 52.9 Å². The number of thiazole rings is 1. The van der Waals surface area contributed by atoms with Crippen molar-refractivity contribution < 1.29 is 0 Å². The molecule has 1 atom stereocenters. The average molecular weight is 381 g/mol. The van der Waals surface area contributed by atoms with E-state index >= 15 is 0 Å². The summed E-state index contributed by atoms with van der Waals surface area (Å²) in [6.07, 6.45) is 0. The van der Waals surface area contributed by atoms with Crippen LogP contribution in [0.15, 0.2) is 10.4 Å². The topological polar surface area (TPSA) is 55.8 Å². The van der Waals surface area contributed by atoms with Gasteiger partial charge < -0.3 is 20.4 Å². The maximum Gasteiger partial charge on any atom is 0.191 e. The Bertz CT molecular complexity index is 548. The summed E-state index contributed by atoms with van der Waals surface area (Å²) in [5.74, 6) is 1.96. The third-order valence-electron chi connectivity index (χ3n) is 4.66. The molecule has 2 N–H and O–H groups in total. The van der Waals surface area contributed by atoms with Gasteiger partial charge >= 0.3 is 0 Å². The van der Waals surface area contributed by atoms with Crippen LogP contribution in [0, 0.1) is 5.92 Å². The lowest BCUT2D eigenvalue weighted by atomic mass is 10.1. The molecule has 6 nitrogen and oxygen atoms in total. The minimum absolute atomic E-state index is 0.478. The lowest BCUT2D eigenvalue weighted by Gasteiger charge is -2.34. The van der Waals surface area contributed by atoms with Crippen molar-refractivity contribution in [1.82, 2.24) is 25.4 Å². The SMILES string of the molecule is CCNC(=NCc1nc(C(C)C)cs1)NCC(C)CN1CCN(C)CC1. The summed E-state index contributed by atoms with van der Waals surface area (Å²) in [7, 11) is 2.20. The molecule has 7 heteroatoms. The van der Waals surface area contributed by atoms with Gasteiger partial charge in [0.2, 0.25) is 0 Å². The van der Waals surface area contributed by atoms with Crippen molar-refractivity contribution in [1.29, 1.82) is 0 Å². The predicted molar refractivity (Wildman–Crippen MR) is 112 cm³/mol. The lowest BCUT2D eigenvalue weighted by Crippen LogP contribution is -2.47. The van der Waals surface area contributed by atoms with Crippen molar-refractivity contribution in [3.8, 4) is 0 Å². The third-order valence-corrected chi connectivity index (χ3v) is 5.51. The fourth-order valence-electron chi connectivity index (χ4n) is 2.96. The number of aromatic nitrogens is 1. The molecule has 0 radical (unpaired) electrons. The lowest BCUT2D eigenvalue weighted by molar-refractivity contribution is 0.139. The summed E-state index contributed by atoms with van der Waals surface area (Å²) >= 11 is 1.70. The van der Waals surface area contributed by atoms with E-state index in [2.05, 4.69) is 65.5 Å². The first-order chi connectivity index (χ1) is 12.5. The number of hydrogen-bond donors (Lipinski definition) is 2. The molecule has 26 heavy (non-hydrogen) atoms. The Morgan fingerprint density at radius 3 is 2.58 bits per heavy atom. The standard InChI is InChI=1S/C19H36N6S/c1-6-20-19(22-12-18-23-17(14-26-18)15(2)3)21-11-16(4)13-25-9-7-24(5)8-10-25/h14-16H,6-13H2,1-5H3,(H2,20,21,22). The number of piperazine rings is 1. The van der Waals surface area contributed by atoms with Crippen LogP contribution in [-0.4, -0.2) is 73.6 Å². The van der Waals surface area contributed by atoms with Gasteiger partial charge in [-0.3, -0.25) is 0 Å². The molecule has 1 saturated heterocycles. The molecule has 0 bridgehead atoms. The Hall–Kier alpha value is -1.18. The number of likely N-dealkylation sites (N-methyl/N-ethyl adjacent to an activating group) is 1. The van der Waals surface area contributed by atoms with E-state index in [1.165, 1.54) is 31.9 Å². The van der Waals surface area contributed by atoms with Gasteiger partial charge in [-0.2, -0.15) is 0 Å². The van der Waals surface area contributed by atoms with Crippen LogP contribution < -0.4 is 10.6 Å². The van der Waals surface area contributed by atoms with Gasteiger partial charge in [0, 0.05) is 51.2 Å². The molecular weight excluding hydrogens is 344 g/mol. The van der Waals surface area contributed by atoms with Crippen molar-refractivity contribution in [3.05, 3.63) is 16.1 Å². The van der Waals surface area contributed by atoms with Crippen LogP contribution in [-0.2, 0) is 6.54 Å². The number of guanidine groups is 1. The first kappa shape index (κ1) is 21.1. The van der Waals surface area contributed by atoms with E-state index < -0.39 is 0 Å². The summed E-state index contributed by atoms with van der Waals surface area (Å²) in [5.41, 5.74) is 1.17. The Balaban J connectivity index is 1.78. The van der Waals surface area contributed by atoms with E-state index in [0.717, 1.165) is 30.6 Å². The van der Waals surface area contributed by atoms with Crippen molar-refractivity contribution in [3.63, 3.8) is 0 Å². The molecule has 0 saturated carbocycles. The number of nitrogens with zero attached hydrogens (tertiary/aromatic N) is 4. The highest BCUT2D eigenvalue weighted by Crippen LogP contribution is 2.18. The van der Waals surface area contributed by atoms with Crippen LogP contribution in [0.5, 0.6) is 0 Å². The summed E-state index contributed by atoms with van der Waals surface area (Å²) in [4.78, 5) is 14.3. The summed E-state index contributed by atoms with van der Waals surface area (Å²) in [6.45, 7) is 17.1. The predicted octanol–water partition coefficient (Wildman–Crippen LogP) is 2.21. The van der Waals surface area contributed by atoms with Gasteiger partial charge in [0.1, 0.15) is 5.01 Å². The molecular formula is C19H36N6S. The van der Waals surface area contributed by atoms with E-state index in [1.807, 2.05) is 0 Å². The van der Waals surface area contributed by atoms with Crippen LogP contribution in [0.4, 0.5) is 0 Å². The second kappa shape index (κ2) is 10.8. The molecule has 0 aromatic carbocycles. The zero-order valence-corrected chi connectivity index (χ0v) is 17.9. The number of aliphatic imine (C=N–C) groups is 1. The number of rotatable bonds is 8. The highest BCUT2D eigenvalue weighted by atomic mass is 32.1. The first-order valence-corrected chi connectivity index (χ1v) is 10.7. The van der Waals surface area contributed by atoms with Crippen molar-refractivity contribution in [2.45, 2.75) is 40.2 Å². The minimum Gasteiger partial charge on any atom is -0.357 e. The van der Waals surface area contributed by atoms with E-state index in [9.17, 15) is 0 Å². The van der Waals surface area contributed by atoms with Gasteiger partial charge in [0.15, 0.2) is 5.96 Å². The van der Waals surface area contributed by atoms with Gasteiger partial charge in [-0.15, -0.1) is 11.3 Å². The zero-order chi connectivity index (χ0) is 18.9. The van der Waals surface area contributed by atoms with Gasteiger partial charge in [-0.05, 0) is 25.8 Å². The smallest absolute Gasteiger partial charge is 0.191 e. The molecule has 1 fully saturated rings. The second-order valence-corrected chi connectivity index (χ2v) is 8.55. The highest BCUT2D eigenvalue weighted by molar-refractivity contribution is 7.09. The fourth-order valence-corrected chi connectivity index (χ4v) is 3.84. The molecule has 2 rings (SSSR count). The molecule has 0 aliphatic carbocycles. The van der Waals surface area contributed by atoms with Crippen LogP contribution in [0.2, 0.25) is 0 Å². The van der Waals surface area contributed by atoms with Gasteiger partial charge in [-0.1, -0.05) is 20.8 Å². The first-order valence-electron chi connectivity index (χ1n) is 9.85. The van der Waals surface area contributed by atoms with Crippen molar-refractivity contribution in [2.24, 2.45) is 10.9 Å². The monoisotopic (exact) mass is 380 g/mol. The summed E-state index contributed by atoms with van der Waals surface area (Å²) in [6, 6.07) is 0. The zero-order valence-electron chi connectivity index (χ0n) is 17.1. The van der Waals surface area contributed by atoms with Gasteiger partial charge in [0.05, 0.1) is 12.2 Å². The van der Waals surface area contributed by atoms with Crippen LogP contribution in [0.1, 0.15) is 44.3 Å². The Morgan fingerprint density at radius 1 is 1.23 bits per heavy atom. The van der Waals surface area contributed by atoms with Crippen molar-refractivity contribution >= 4 is 17.3 Å². The minimum atomic E-state index is 0.478. The average Bonchev–Trinajstić information content (AvgIpc) is 3.09. The molecule has 1 aliphatic rings. The normalized spacial score (nSPS) is 18.3. The maximum atomic E-state index is 4.71. The van der Waals surface area contributed by atoms with Crippen LogP contribution >= 0.6 is 11.3 Å². The van der Waals surface area contributed by atoms with Crippen LogP contribution in [0.25, 0.3) is 0 Å². The quantitative estimate of drug-likeness (QED) is 0.535. The van der Waals surface area contributed by atoms with Gasteiger partial charge in [-0.25, -0.2) is 9.98 Å². The Kier molecular flexibility index (Phi) is 8.81. The maximum absolute atomic E-state index is 4.71. The van der Waals surface area contributed by atoms with Crippen LogP contribution in [0.3, 0.4) is 0 Å². The Labute approximate surface area is 163 Å². The molecule has 1 aromatic heterocycles. The number of hydrogen-bond acceptors (Lipinski definition) is 5. The molecule has 148 valence electrons. The number of nitrogens with one attached hydrogen (secondary N) is 2. The fraction of sp³-hybridized carbons (Fsp3) is 0.789. The summed E-state index contributed by atoms with van der Waals surface area (Å²) in [5, 5.41) is 10.1. The molecule has 2 heterocycles. The highest BCUT2D eigenvalue weighted by Gasteiger charge is 2.16. The molecule has 1 unspecified atom stereocenters. The molecule has 0 spiro atoms. The Morgan fingerprint density at radius 2 is 1.96 bits per heavy atom. The summed E-state index contributed by atoms with van der Waals surface area (Å²) < 4.78 is 0. The van der Waals surface area contributed by atoms with E-state index in [4.69, 9.17) is 4.99 Å². The molecule has 1 aromatic rings. The second-order valence-electron chi connectivity index (χ2n) is 7.61. The van der Waals surface area contributed by atoms with E-state index in [0.29, 0.717) is 18.4 Å². The third kappa shape index (κ3) is 7.21. The largest absolute Gasteiger partial charge is 0.357 e. The van der Waals surface area contributed by atoms with E-state index in [1.54, 1.807) is 11.3 Å². The molecule has 0 amide bonds.